The molecular formula is C55H90O12S. The van der Waals surface area contributed by atoms with Crippen molar-refractivity contribution in [1.82, 2.24) is 0 Å². The summed E-state index contributed by atoms with van der Waals surface area (Å²) in [7, 11) is -5.08. The molecule has 0 spiro atoms. The Bertz CT molecular complexity index is 1590. The smallest absolute Gasteiger partial charge is 0.397 e. The fourth-order valence-electron chi connectivity index (χ4n) is 7.10. The van der Waals surface area contributed by atoms with Crippen molar-refractivity contribution in [1.29, 1.82) is 0 Å². The fraction of sp³-hybridized carbons (Fsp3) is 0.655. The normalized spacial score (nSPS) is 20.2. The zero-order valence-electron chi connectivity index (χ0n) is 41.6. The van der Waals surface area contributed by atoms with Crippen molar-refractivity contribution in [2.24, 2.45) is 0 Å². The van der Waals surface area contributed by atoms with Crippen molar-refractivity contribution in [3.63, 3.8) is 0 Å². The van der Waals surface area contributed by atoms with E-state index in [2.05, 4.69) is 127 Å². The Morgan fingerprint density at radius 2 is 0.971 bits per heavy atom. The molecule has 68 heavy (non-hydrogen) atoms. The third kappa shape index (κ3) is 37.6. The molecule has 0 aromatic heterocycles. The van der Waals surface area contributed by atoms with Crippen LogP contribution in [0.25, 0.3) is 0 Å². The highest BCUT2D eigenvalue weighted by molar-refractivity contribution is 7.80. The molecule has 4 N–H and O–H groups in total. The molecule has 0 aliphatic carbocycles. The summed E-state index contributed by atoms with van der Waals surface area (Å²) in [6.07, 6.45) is 54.1. The van der Waals surface area contributed by atoms with Gasteiger partial charge in [-0.25, -0.2) is 4.18 Å². The lowest BCUT2D eigenvalue weighted by Crippen LogP contribution is -2.60. The summed E-state index contributed by atoms with van der Waals surface area (Å²) in [6.45, 7) is 3.66. The Hall–Kier alpha value is -3.24. The molecular weight excluding hydrogens is 885 g/mol. The number of carbonyl (C=O) groups is 1. The molecule has 1 fully saturated rings. The largest absolute Gasteiger partial charge is 0.457 e. The van der Waals surface area contributed by atoms with E-state index in [1.165, 1.54) is 32.1 Å². The zero-order chi connectivity index (χ0) is 49.6. The van der Waals surface area contributed by atoms with Gasteiger partial charge in [0.05, 0.1) is 19.8 Å². The number of carbonyl (C=O) groups excluding carboxylic acids is 1. The second-order valence-electron chi connectivity index (χ2n) is 17.0. The van der Waals surface area contributed by atoms with Crippen LogP contribution in [0, 0.1) is 0 Å². The van der Waals surface area contributed by atoms with Gasteiger partial charge >= 0.3 is 16.4 Å². The molecule has 0 amide bonds. The minimum absolute atomic E-state index is 0.00470. The molecule has 0 aromatic carbocycles. The van der Waals surface area contributed by atoms with E-state index in [4.69, 9.17) is 18.9 Å². The van der Waals surface area contributed by atoms with Crippen LogP contribution in [0.5, 0.6) is 0 Å². The van der Waals surface area contributed by atoms with Crippen LogP contribution in [0.3, 0.4) is 0 Å². The third-order valence-corrected chi connectivity index (χ3v) is 11.4. The molecule has 12 nitrogen and oxygen atoms in total. The minimum atomic E-state index is -5.08. The third-order valence-electron chi connectivity index (χ3n) is 10.9. The quantitative estimate of drug-likeness (QED) is 0.0197. The predicted octanol–water partition coefficient (Wildman–Crippen LogP) is 12.0. The van der Waals surface area contributed by atoms with Crippen LogP contribution in [0.2, 0.25) is 0 Å². The van der Waals surface area contributed by atoms with Gasteiger partial charge in [0.15, 0.2) is 6.29 Å². The number of ether oxygens (including phenoxy) is 4. The van der Waals surface area contributed by atoms with Crippen molar-refractivity contribution in [2.75, 3.05) is 26.4 Å². The molecule has 0 radical (unpaired) electrons. The molecule has 1 aliphatic rings. The Morgan fingerprint density at radius 1 is 0.559 bits per heavy atom. The molecule has 1 heterocycles. The van der Waals surface area contributed by atoms with Gasteiger partial charge < -0.3 is 34.3 Å². The lowest BCUT2D eigenvalue weighted by Gasteiger charge is -2.41. The average Bonchev–Trinajstić information content (AvgIpc) is 3.31. The maximum Gasteiger partial charge on any atom is 0.397 e. The number of unbranched alkanes of at least 4 members (excludes halogenated alkanes) is 12. The SMILES string of the molecule is CC/C=C\C/C=C\C/C=C\C/C=C\C/C=C\CCCCCCCCCCCC(=O)OC(COCCCCC/C=C\C/C=C\C/C=C\C/C=C\CC)COC1OC(CO)C(O)C(OS(=O)(=O)O)C1O. The molecule has 1 aliphatic heterocycles. The van der Waals surface area contributed by atoms with Gasteiger partial charge in [-0.15, -0.1) is 0 Å². The monoisotopic (exact) mass is 975 g/mol. The molecule has 6 unspecified atom stereocenters. The molecule has 1 rings (SSSR count). The Balaban J connectivity index is 2.37. The molecule has 6 atom stereocenters. The first-order valence-corrected chi connectivity index (χ1v) is 27.0. The van der Waals surface area contributed by atoms with Crippen LogP contribution in [-0.2, 0) is 38.3 Å². The van der Waals surface area contributed by atoms with Crippen LogP contribution in [0.4, 0.5) is 0 Å². The van der Waals surface area contributed by atoms with E-state index in [1.54, 1.807) is 0 Å². The Labute approximate surface area is 411 Å². The van der Waals surface area contributed by atoms with E-state index in [9.17, 15) is 33.1 Å². The van der Waals surface area contributed by atoms with E-state index in [-0.39, 0.29) is 19.6 Å². The van der Waals surface area contributed by atoms with Crippen molar-refractivity contribution in [3.05, 3.63) is 109 Å². The second kappa shape index (κ2) is 44.9. The zero-order valence-corrected chi connectivity index (χ0v) is 42.4. The predicted molar refractivity (Wildman–Crippen MR) is 275 cm³/mol. The van der Waals surface area contributed by atoms with Gasteiger partial charge in [0.25, 0.3) is 0 Å². The van der Waals surface area contributed by atoms with E-state index in [0.29, 0.717) is 13.0 Å². The van der Waals surface area contributed by atoms with Crippen LogP contribution in [-0.4, -0.2) is 97.5 Å². The van der Waals surface area contributed by atoms with Gasteiger partial charge in [-0.3, -0.25) is 9.35 Å². The van der Waals surface area contributed by atoms with E-state index < -0.39 is 59.8 Å². The summed E-state index contributed by atoms with van der Waals surface area (Å²) in [6, 6.07) is 0. The summed E-state index contributed by atoms with van der Waals surface area (Å²) in [5.74, 6) is -0.422. The van der Waals surface area contributed by atoms with Crippen molar-refractivity contribution < 1.29 is 56.2 Å². The maximum atomic E-state index is 12.9. The van der Waals surface area contributed by atoms with Crippen LogP contribution in [0.15, 0.2) is 109 Å². The van der Waals surface area contributed by atoms with Crippen molar-refractivity contribution >= 4 is 16.4 Å². The number of allylic oxidation sites excluding steroid dienone is 18. The van der Waals surface area contributed by atoms with Gasteiger partial charge in [0.2, 0.25) is 0 Å². The molecule has 0 saturated carbocycles. The first-order chi connectivity index (χ1) is 33.1. The fourth-order valence-corrected chi connectivity index (χ4v) is 7.61. The van der Waals surface area contributed by atoms with Gasteiger partial charge in [-0.05, 0) is 96.3 Å². The Kier molecular flexibility index (Phi) is 41.5. The number of esters is 1. The highest BCUT2D eigenvalue weighted by atomic mass is 32.3. The summed E-state index contributed by atoms with van der Waals surface area (Å²) < 4.78 is 59.2. The van der Waals surface area contributed by atoms with Crippen molar-refractivity contribution in [3.8, 4) is 0 Å². The Morgan fingerprint density at radius 3 is 1.41 bits per heavy atom. The number of aliphatic hydroxyl groups excluding tert-OH is 3. The summed E-state index contributed by atoms with van der Waals surface area (Å²) in [5, 5.41) is 30.8. The number of rotatable bonds is 43. The first-order valence-electron chi connectivity index (χ1n) is 25.6. The summed E-state index contributed by atoms with van der Waals surface area (Å²) in [5.41, 5.74) is 0. The van der Waals surface area contributed by atoms with Gasteiger partial charge in [0, 0.05) is 13.0 Å². The number of aliphatic hydroxyl groups is 3. The van der Waals surface area contributed by atoms with Gasteiger partial charge in [0.1, 0.15) is 30.5 Å². The van der Waals surface area contributed by atoms with Gasteiger partial charge in [-0.1, -0.05) is 175 Å². The molecule has 0 bridgehead atoms. The molecule has 1 saturated heterocycles. The van der Waals surface area contributed by atoms with Gasteiger partial charge in [-0.2, -0.15) is 8.42 Å². The van der Waals surface area contributed by atoms with E-state index >= 15 is 0 Å². The second-order valence-corrected chi connectivity index (χ2v) is 18.0. The lowest BCUT2D eigenvalue weighted by atomic mass is 9.99. The summed E-state index contributed by atoms with van der Waals surface area (Å²) >= 11 is 0. The van der Waals surface area contributed by atoms with Crippen molar-refractivity contribution in [2.45, 2.75) is 205 Å². The standard InChI is InChI=1S/C55H90O12S/c1-3-5-7-9-11-13-15-17-19-21-22-23-24-25-26-27-28-29-30-32-34-36-38-40-42-44-51(57)65-49(48-64-55-53(59)54(67-68(60,61)62)52(58)50(46-56)66-55)47-63-45-43-41-39-37-35-33-31-20-18-16-14-12-10-8-6-4-2/h5-8,11-14,17-20,22-23,25-26,33,35,49-50,52-56,58-59H,3-4,9-10,15-16,21,24,27-32,34,36-48H2,1-2H3,(H,60,61,62)/b7-5-,8-6-,13-11-,14-12-,19-17-,20-18-,23-22-,26-25-,35-33-. The highest BCUT2D eigenvalue weighted by Crippen LogP contribution is 2.26. The van der Waals surface area contributed by atoms with Crippen LogP contribution < -0.4 is 0 Å². The summed E-state index contributed by atoms with van der Waals surface area (Å²) in [4.78, 5) is 12.9. The molecule has 388 valence electrons. The molecule has 13 heteroatoms. The topological polar surface area (TPSA) is 178 Å². The molecule has 0 aromatic rings. The van der Waals surface area contributed by atoms with E-state index in [1.807, 2.05) is 0 Å². The lowest BCUT2D eigenvalue weighted by molar-refractivity contribution is -0.301. The maximum absolute atomic E-state index is 12.9. The minimum Gasteiger partial charge on any atom is -0.457 e. The average molecular weight is 975 g/mol. The number of hydrogen-bond donors (Lipinski definition) is 4. The van der Waals surface area contributed by atoms with Crippen LogP contribution >= 0.6 is 0 Å². The highest BCUT2D eigenvalue weighted by Gasteiger charge is 2.48. The van der Waals surface area contributed by atoms with Crippen LogP contribution in [0.1, 0.15) is 168 Å². The van der Waals surface area contributed by atoms with E-state index in [0.717, 1.165) is 109 Å². The first kappa shape index (κ1) is 62.8. The number of hydrogen-bond acceptors (Lipinski definition) is 11.